The van der Waals surface area contributed by atoms with Crippen LogP contribution in [0.5, 0.6) is 0 Å². The number of unbranched alkanes of at least 4 members (excludes halogenated alkanes) is 13. The monoisotopic (exact) mass is 439 g/mol. The molecule has 0 atom stereocenters. The molecule has 5 heteroatoms. The van der Waals surface area contributed by atoms with Gasteiger partial charge in [0.05, 0.1) is 19.1 Å². The lowest BCUT2D eigenvalue weighted by Crippen LogP contribution is -2.41. The Morgan fingerprint density at radius 3 is 1.61 bits per heavy atom. The average Bonchev–Trinajstić information content (AvgIpc) is 2.79. The van der Waals surface area contributed by atoms with E-state index >= 15 is 0 Å². The summed E-state index contributed by atoms with van der Waals surface area (Å²) in [5.74, 6) is -0.153. The number of nitrogens with zero attached hydrogens (tertiary/aromatic N) is 1. The van der Waals surface area contributed by atoms with Gasteiger partial charge in [0.2, 0.25) is 0 Å². The molecule has 1 saturated heterocycles. The molecule has 5 nitrogen and oxygen atoms in total. The van der Waals surface area contributed by atoms with Gasteiger partial charge in [-0.15, -0.1) is 0 Å². The first-order valence-corrected chi connectivity index (χ1v) is 13.3. The molecule has 1 aliphatic rings. The highest BCUT2D eigenvalue weighted by atomic mass is 16.6. The summed E-state index contributed by atoms with van der Waals surface area (Å²) in [6.07, 6.45) is 20.1. The van der Waals surface area contributed by atoms with Crippen molar-refractivity contribution in [3.05, 3.63) is 0 Å². The first-order valence-electron chi connectivity index (χ1n) is 13.3. The van der Waals surface area contributed by atoms with Crippen molar-refractivity contribution in [3.63, 3.8) is 0 Å². The van der Waals surface area contributed by atoms with E-state index in [-0.39, 0.29) is 18.0 Å². The molecule has 0 aromatic heterocycles. The minimum atomic E-state index is -0.243. The van der Waals surface area contributed by atoms with Crippen molar-refractivity contribution >= 4 is 12.1 Å². The third-order valence-electron chi connectivity index (χ3n) is 6.30. The third kappa shape index (κ3) is 14.4. The number of amides is 1. The molecular formula is C26H49NO4. The molecule has 0 spiro atoms. The van der Waals surface area contributed by atoms with Crippen LogP contribution in [-0.4, -0.2) is 43.3 Å². The Bertz CT molecular complexity index is 447. The molecule has 0 bridgehead atoms. The van der Waals surface area contributed by atoms with Crippen molar-refractivity contribution < 1.29 is 19.1 Å². The van der Waals surface area contributed by atoms with Crippen LogP contribution in [-0.2, 0) is 14.3 Å². The quantitative estimate of drug-likeness (QED) is 0.166. The van der Waals surface area contributed by atoms with Crippen LogP contribution in [0.15, 0.2) is 0 Å². The zero-order chi connectivity index (χ0) is 22.6. The Balaban J connectivity index is 1.90. The van der Waals surface area contributed by atoms with Crippen LogP contribution in [0.4, 0.5) is 4.79 Å². The van der Waals surface area contributed by atoms with E-state index in [0.717, 1.165) is 25.7 Å². The first kappa shape index (κ1) is 27.8. The molecule has 0 N–H and O–H groups in total. The smallest absolute Gasteiger partial charge is 0.409 e. The average molecular weight is 440 g/mol. The van der Waals surface area contributed by atoms with Gasteiger partial charge in [-0.3, -0.25) is 4.79 Å². The Morgan fingerprint density at radius 2 is 1.10 bits per heavy atom. The number of hydrogen-bond donors (Lipinski definition) is 0. The maximum absolute atomic E-state index is 12.2. The number of carbonyl (C=O) groups is 2. The summed E-state index contributed by atoms with van der Waals surface area (Å²) < 4.78 is 10.7. The van der Waals surface area contributed by atoms with Gasteiger partial charge >= 0.3 is 12.1 Å². The summed E-state index contributed by atoms with van der Waals surface area (Å²) in [6.45, 7) is 6.53. The Labute approximate surface area is 191 Å². The topological polar surface area (TPSA) is 55.8 Å². The largest absolute Gasteiger partial charge is 0.465 e. The van der Waals surface area contributed by atoms with Crippen LogP contribution >= 0.6 is 0 Å². The van der Waals surface area contributed by atoms with Crippen LogP contribution in [0.25, 0.3) is 0 Å². The Morgan fingerprint density at radius 1 is 0.645 bits per heavy atom. The number of esters is 1. The molecule has 1 fully saturated rings. The maximum atomic E-state index is 12.2. The minimum absolute atomic E-state index is 0.0679. The number of piperidine rings is 1. The van der Waals surface area contributed by atoms with Gasteiger partial charge in [-0.2, -0.15) is 0 Å². The molecule has 0 saturated carbocycles. The lowest BCUT2D eigenvalue weighted by atomic mass is 9.97. The van der Waals surface area contributed by atoms with Crippen LogP contribution in [0.2, 0.25) is 0 Å². The van der Waals surface area contributed by atoms with E-state index in [1.165, 1.54) is 70.6 Å². The maximum Gasteiger partial charge on any atom is 0.409 e. The highest BCUT2D eigenvalue weighted by Gasteiger charge is 2.28. The fourth-order valence-electron chi connectivity index (χ4n) is 4.10. The summed E-state index contributed by atoms with van der Waals surface area (Å²) in [4.78, 5) is 25.9. The van der Waals surface area contributed by atoms with E-state index in [9.17, 15) is 9.59 Å². The summed E-state index contributed by atoms with van der Waals surface area (Å²) in [5.41, 5.74) is 0. The predicted octanol–water partition coefficient (Wildman–Crippen LogP) is 7.27. The van der Waals surface area contributed by atoms with E-state index in [1.807, 2.05) is 0 Å². The zero-order valence-corrected chi connectivity index (χ0v) is 20.5. The molecule has 0 radical (unpaired) electrons. The lowest BCUT2D eigenvalue weighted by molar-refractivity contribution is -0.150. The predicted molar refractivity (Wildman–Crippen MR) is 127 cm³/mol. The van der Waals surface area contributed by atoms with Gasteiger partial charge < -0.3 is 14.4 Å². The lowest BCUT2D eigenvalue weighted by Gasteiger charge is -2.30. The minimum Gasteiger partial charge on any atom is -0.465 e. The second kappa shape index (κ2) is 19.4. The standard InChI is InChI=1S/C26H49NO4/c1-3-5-7-8-9-10-11-12-13-14-15-16-17-23-30-25(28)24-18-20-27(21-19-24)26(29)31-22-6-4-2/h24H,3-23H2,1-2H3. The molecular weight excluding hydrogens is 390 g/mol. The Hall–Kier alpha value is -1.26. The van der Waals surface area contributed by atoms with Gasteiger partial charge in [0.1, 0.15) is 0 Å². The van der Waals surface area contributed by atoms with Gasteiger partial charge in [-0.05, 0) is 25.7 Å². The van der Waals surface area contributed by atoms with E-state index in [1.54, 1.807) is 4.90 Å². The summed E-state index contributed by atoms with van der Waals surface area (Å²) in [6, 6.07) is 0. The van der Waals surface area contributed by atoms with E-state index in [4.69, 9.17) is 9.47 Å². The molecule has 182 valence electrons. The number of likely N-dealkylation sites (tertiary alicyclic amines) is 1. The second-order valence-electron chi connectivity index (χ2n) is 9.14. The highest BCUT2D eigenvalue weighted by Crippen LogP contribution is 2.20. The number of rotatable bonds is 18. The summed E-state index contributed by atoms with van der Waals surface area (Å²) in [7, 11) is 0. The molecule has 0 unspecified atom stereocenters. The van der Waals surface area contributed by atoms with Gasteiger partial charge in [0, 0.05) is 13.1 Å². The van der Waals surface area contributed by atoms with Crippen LogP contribution in [0, 0.1) is 5.92 Å². The molecule has 1 rings (SSSR count). The van der Waals surface area contributed by atoms with E-state index in [2.05, 4.69) is 13.8 Å². The van der Waals surface area contributed by atoms with Crippen LogP contribution in [0.1, 0.15) is 123 Å². The SMILES string of the molecule is CCCCCCCCCCCCCCCOC(=O)C1CCN(C(=O)OCCCC)CC1. The van der Waals surface area contributed by atoms with Crippen LogP contribution in [0.3, 0.4) is 0 Å². The highest BCUT2D eigenvalue weighted by molar-refractivity contribution is 5.73. The number of ether oxygens (including phenoxy) is 2. The van der Waals surface area contributed by atoms with Crippen molar-refractivity contribution in [2.24, 2.45) is 5.92 Å². The molecule has 0 aromatic rings. The Kier molecular flexibility index (Phi) is 17.4. The van der Waals surface area contributed by atoms with E-state index < -0.39 is 0 Å². The van der Waals surface area contributed by atoms with Crippen LogP contribution < -0.4 is 0 Å². The number of carbonyl (C=O) groups excluding carboxylic acids is 2. The van der Waals surface area contributed by atoms with Crippen molar-refractivity contribution in [3.8, 4) is 0 Å². The molecule has 1 heterocycles. The molecule has 1 amide bonds. The van der Waals surface area contributed by atoms with Crippen molar-refractivity contribution in [1.29, 1.82) is 0 Å². The normalized spacial score (nSPS) is 14.6. The molecule has 0 aliphatic carbocycles. The summed E-state index contributed by atoms with van der Waals surface area (Å²) in [5, 5.41) is 0. The number of hydrogen-bond acceptors (Lipinski definition) is 4. The summed E-state index contributed by atoms with van der Waals surface area (Å²) >= 11 is 0. The molecule has 0 aromatic carbocycles. The fraction of sp³-hybridized carbons (Fsp3) is 0.923. The molecule has 1 aliphatic heterocycles. The van der Waals surface area contributed by atoms with Gasteiger partial charge in [0.25, 0.3) is 0 Å². The van der Waals surface area contributed by atoms with Gasteiger partial charge in [0.15, 0.2) is 0 Å². The van der Waals surface area contributed by atoms with Crippen molar-refractivity contribution in [2.45, 2.75) is 123 Å². The molecule has 31 heavy (non-hydrogen) atoms. The fourth-order valence-corrected chi connectivity index (χ4v) is 4.10. The third-order valence-corrected chi connectivity index (χ3v) is 6.30. The van der Waals surface area contributed by atoms with Gasteiger partial charge in [-0.25, -0.2) is 4.79 Å². The van der Waals surface area contributed by atoms with Gasteiger partial charge in [-0.1, -0.05) is 97.3 Å². The second-order valence-corrected chi connectivity index (χ2v) is 9.14. The van der Waals surface area contributed by atoms with Crippen molar-refractivity contribution in [1.82, 2.24) is 4.90 Å². The first-order chi connectivity index (χ1) is 15.2. The zero-order valence-electron chi connectivity index (χ0n) is 20.5. The van der Waals surface area contributed by atoms with E-state index in [0.29, 0.717) is 39.1 Å². The van der Waals surface area contributed by atoms with Crippen molar-refractivity contribution in [2.75, 3.05) is 26.3 Å².